The minimum absolute atomic E-state index is 0.0862. The van der Waals surface area contributed by atoms with Crippen LogP contribution in [0.3, 0.4) is 0 Å². The van der Waals surface area contributed by atoms with E-state index in [1.807, 2.05) is 24.3 Å². The average molecular weight is 423 g/mol. The Bertz CT molecular complexity index is 790. The van der Waals surface area contributed by atoms with Crippen LogP contribution in [0.4, 0.5) is 0 Å². The van der Waals surface area contributed by atoms with Gasteiger partial charge >= 0.3 is 5.97 Å². The predicted octanol–water partition coefficient (Wildman–Crippen LogP) is 7.72. The van der Waals surface area contributed by atoms with Crippen LogP contribution in [0.1, 0.15) is 94.0 Å². The van der Waals surface area contributed by atoms with E-state index in [2.05, 4.69) is 38.1 Å². The lowest BCUT2D eigenvalue weighted by atomic mass is 9.91. The largest absolute Gasteiger partial charge is 0.481 e. The van der Waals surface area contributed by atoms with Crippen molar-refractivity contribution in [2.75, 3.05) is 0 Å². The second kappa shape index (κ2) is 13.8. The summed E-state index contributed by atoms with van der Waals surface area (Å²) in [5.41, 5.74) is 4.36. The monoisotopic (exact) mass is 422 g/mol. The summed E-state index contributed by atoms with van der Waals surface area (Å²) in [5.74, 6) is -0.582. The molecule has 0 saturated carbocycles. The van der Waals surface area contributed by atoms with Crippen LogP contribution < -0.4 is 0 Å². The Morgan fingerprint density at radius 1 is 0.774 bits per heavy atom. The van der Waals surface area contributed by atoms with Crippen LogP contribution in [0.15, 0.2) is 48.5 Å². The fourth-order valence-electron chi connectivity index (χ4n) is 4.05. The van der Waals surface area contributed by atoms with E-state index in [9.17, 15) is 9.59 Å². The fraction of sp³-hybridized carbons (Fsp3) is 0.500. The van der Waals surface area contributed by atoms with Crippen molar-refractivity contribution in [3.8, 4) is 11.1 Å². The molecule has 0 heterocycles. The van der Waals surface area contributed by atoms with Gasteiger partial charge in [-0.2, -0.15) is 0 Å². The first kappa shape index (κ1) is 24.8. The zero-order valence-electron chi connectivity index (χ0n) is 19.2. The predicted molar refractivity (Wildman–Crippen MR) is 129 cm³/mol. The van der Waals surface area contributed by atoms with Crippen molar-refractivity contribution in [2.45, 2.75) is 84.5 Å². The molecule has 0 aliphatic rings. The van der Waals surface area contributed by atoms with Gasteiger partial charge in [0.15, 0.2) is 5.78 Å². The molecule has 2 rings (SSSR count). The number of ketones is 1. The van der Waals surface area contributed by atoms with E-state index < -0.39 is 5.97 Å². The van der Waals surface area contributed by atoms with E-state index in [1.54, 1.807) is 0 Å². The molecule has 1 atom stereocenters. The molecular weight excluding hydrogens is 384 g/mol. The molecule has 0 aliphatic carbocycles. The third kappa shape index (κ3) is 9.08. The summed E-state index contributed by atoms with van der Waals surface area (Å²) in [6.45, 7) is 4.36. The molecule has 3 nitrogen and oxygen atoms in total. The van der Waals surface area contributed by atoms with Crippen LogP contribution in [0, 0.1) is 5.92 Å². The van der Waals surface area contributed by atoms with Crippen molar-refractivity contribution in [2.24, 2.45) is 5.92 Å². The van der Waals surface area contributed by atoms with E-state index in [0.29, 0.717) is 18.4 Å². The molecule has 1 N–H and O–H groups in total. The van der Waals surface area contributed by atoms with E-state index in [-0.39, 0.29) is 18.1 Å². The molecule has 0 fully saturated rings. The van der Waals surface area contributed by atoms with E-state index in [4.69, 9.17) is 5.11 Å². The highest BCUT2D eigenvalue weighted by Crippen LogP contribution is 2.24. The maximum atomic E-state index is 12.6. The van der Waals surface area contributed by atoms with Crippen LogP contribution in [0.5, 0.6) is 0 Å². The number of carboxylic acids is 1. The van der Waals surface area contributed by atoms with Crippen molar-refractivity contribution in [1.82, 2.24) is 0 Å². The second-order valence-corrected chi connectivity index (χ2v) is 8.65. The van der Waals surface area contributed by atoms with Crippen molar-refractivity contribution < 1.29 is 14.7 Å². The smallest absolute Gasteiger partial charge is 0.303 e. The van der Waals surface area contributed by atoms with E-state index in [0.717, 1.165) is 43.2 Å². The molecule has 2 aromatic rings. The van der Waals surface area contributed by atoms with Gasteiger partial charge in [0.25, 0.3) is 0 Å². The molecule has 0 aromatic heterocycles. The fourth-order valence-corrected chi connectivity index (χ4v) is 4.05. The maximum Gasteiger partial charge on any atom is 0.303 e. The van der Waals surface area contributed by atoms with Crippen LogP contribution in [0.25, 0.3) is 11.1 Å². The Labute approximate surface area is 187 Å². The van der Waals surface area contributed by atoms with Crippen molar-refractivity contribution in [1.29, 1.82) is 0 Å². The quantitative estimate of drug-likeness (QED) is 0.236. The van der Waals surface area contributed by atoms with Gasteiger partial charge in [-0.3, -0.25) is 9.59 Å². The first-order valence-corrected chi connectivity index (χ1v) is 12.0. The van der Waals surface area contributed by atoms with Gasteiger partial charge in [-0.1, -0.05) is 94.5 Å². The van der Waals surface area contributed by atoms with Crippen LogP contribution in [-0.4, -0.2) is 16.9 Å². The highest BCUT2D eigenvalue weighted by Gasteiger charge is 2.16. The molecule has 0 radical (unpaired) electrons. The molecule has 31 heavy (non-hydrogen) atoms. The number of aliphatic carboxylic acids is 1. The Morgan fingerprint density at radius 2 is 1.35 bits per heavy atom. The zero-order valence-corrected chi connectivity index (χ0v) is 19.2. The summed E-state index contributed by atoms with van der Waals surface area (Å²) >= 11 is 0. The zero-order chi connectivity index (χ0) is 22.5. The summed E-state index contributed by atoms with van der Waals surface area (Å²) in [4.78, 5) is 23.8. The second-order valence-electron chi connectivity index (χ2n) is 8.65. The Hall–Kier alpha value is -2.42. The molecule has 3 heteroatoms. The number of unbranched alkanes of at least 4 members (excludes halogenated alkanes) is 4. The maximum absolute atomic E-state index is 12.6. The van der Waals surface area contributed by atoms with Gasteiger partial charge in [-0.05, 0) is 48.3 Å². The number of hydrogen-bond acceptors (Lipinski definition) is 2. The number of carbonyl (C=O) groups excluding carboxylic acids is 1. The van der Waals surface area contributed by atoms with E-state index in [1.165, 1.54) is 24.8 Å². The first-order chi connectivity index (χ1) is 15.0. The summed E-state index contributed by atoms with van der Waals surface area (Å²) < 4.78 is 0. The third-order valence-corrected chi connectivity index (χ3v) is 6.02. The Kier molecular flexibility index (Phi) is 11.1. The minimum Gasteiger partial charge on any atom is -0.481 e. The average Bonchev–Trinajstić information content (AvgIpc) is 2.78. The Balaban J connectivity index is 1.91. The number of hydrogen-bond donors (Lipinski definition) is 1. The number of carboxylic acid groups (broad SMARTS) is 1. The number of carbonyl (C=O) groups is 2. The molecule has 168 valence electrons. The summed E-state index contributed by atoms with van der Waals surface area (Å²) in [6.07, 6.45) is 10.3. The third-order valence-electron chi connectivity index (χ3n) is 6.02. The number of benzene rings is 2. The van der Waals surface area contributed by atoms with Gasteiger partial charge in [-0.25, -0.2) is 0 Å². The summed E-state index contributed by atoms with van der Waals surface area (Å²) in [6, 6.07) is 16.5. The molecular formula is C28H38O3. The lowest BCUT2D eigenvalue weighted by molar-refractivity contribution is -0.138. The molecule has 0 aliphatic heterocycles. The van der Waals surface area contributed by atoms with Gasteiger partial charge in [0.05, 0.1) is 0 Å². The molecule has 0 bridgehead atoms. The van der Waals surface area contributed by atoms with Crippen LogP contribution in [-0.2, 0) is 11.2 Å². The molecule has 0 saturated heterocycles. The minimum atomic E-state index is -0.769. The number of rotatable bonds is 15. The number of Topliss-reactive ketones (excluding diaryl/α,β-unsaturated/α-hetero) is 1. The van der Waals surface area contributed by atoms with Gasteiger partial charge in [-0.15, -0.1) is 0 Å². The van der Waals surface area contributed by atoms with Gasteiger partial charge < -0.3 is 5.11 Å². The van der Waals surface area contributed by atoms with Gasteiger partial charge in [0.2, 0.25) is 0 Å². The summed E-state index contributed by atoms with van der Waals surface area (Å²) in [7, 11) is 0. The standard InChI is InChI=1S/C28H38O3/c1-3-5-7-9-22-11-14-24(15-12-22)25-16-18-26(19-17-25)27(29)20-13-23(21-28(30)31)10-8-6-4-2/h11-12,14-19,23H,3-10,13,20-21H2,1-2H3,(H,30,31). The summed E-state index contributed by atoms with van der Waals surface area (Å²) in [5, 5.41) is 9.15. The van der Waals surface area contributed by atoms with Crippen LogP contribution in [0.2, 0.25) is 0 Å². The molecule has 1 unspecified atom stereocenters. The van der Waals surface area contributed by atoms with Crippen molar-refractivity contribution >= 4 is 11.8 Å². The topological polar surface area (TPSA) is 54.4 Å². The number of aryl methyl sites for hydroxylation is 1. The van der Waals surface area contributed by atoms with Gasteiger partial charge in [0.1, 0.15) is 0 Å². The normalized spacial score (nSPS) is 11.9. The van der Waals surface area contributed by atoms with Crippen LogP contribution >= 0.6 is 0 Å². The molecule has 2 aromatic carbocycles. The Morgan fingerprint density at radius 3 is 1.94 bits per heavy atom. The lowest BCUT2D eigenvalue weighted by Gasteiger charge is -2.14. The van der Waals surface area contributed by atoms with Crippen molar-refractivity contribution in [3.05, 3.63) is 59.7 Å². The van der Waals surface area contributed by atoms with E-state index >= 15 is 0 Å². The highest BCUT2D eigenvalue weighted by atomic mass is 16.4. The van der Waals surface area contributed by atoms with Gasteiger partial charge in [0, 0.05) is 18.4 Å². The molecule has 0 spiro atoms. The van der Waals surface area contributed by atoms with Crippen molar-refractivity contribution in [3.63, 3.8) is 0 Å². The highest BCUT2D eigenvalue weighted by molar-refractivity contribution is 5.96. The molecule has 0 amide bonds. The first-order valence-electron chi connectivity index (χ1n) is 12.0. The lowest BCUT2D eigenvalue weighted by Crippen LogP contribution is -2.10. The SMILES string of the molecule is CCCCCc1ccc(-c2ccc(C(=O)CCC(CCCCC)CC(=O)O)cc2)cc1.